The van der Waals surface area contributed by atoms with Crippen LogP contribution in [0.3, 0.4) is 0 Å². The Morgan fingerprint density at radius 1 is 1.25 bits per heavy atom. The van der Waals surface area contributed by atoms with E-state index in [1.165, 1.54) is 18.2 Å². The van der Waals surface area contributed by atoms with Crippen molar-refractivity contribution in [3.63, 3.8) is 0 Å². The minimum Gasteiger partial charge on any atom is -0.484 e. The molecule has 0 atom stereocenters. The molecule has 0 aliphatic carbocycles. The molecule has 1 amide bonds. The molecule has 2 aromatic carbocycles. The van der Waals surface area contributed by atoms with Gasteiger partial charge in [0.2, 0.25) is 0 Å². The Kier molecular flexibility index (Phi) is 4.58. The third-order valence-corrected chi connectivity index (χ3v) is 2.88. The van der Waals surface area contributed by atoms with E-state index in [4.69, 9.17) is 16.3 Å². The Morgan fingerprint density at radius 3 is 2.60 bits per heavy atom. The molecule has 0 fully saturated rings. The van der Waals surface area contributed by atoms with Crippen molar-refractivity contribution in [2.75, 3.05) is 11.9 Å². The first kappa shape index (κ1) is 14.3. The molecule has 0 aromatic heterocycles. The predicted molar refractivity (Wildman–Crippen MR) is 76.7 cm³/mol. The van der Waals surface area contributed by atoms with E-state index >= 15 is 0 Å². The van der Waals surface area contributed by atoms with Crippen LogP contribution in [0.25, 0.3) is 0 Å². The van der Waals surface area contributed by atoms with Crippen LogP contribution in [0.15, 0.2) is 42.5 Å². The van der Waals surface area contributed by atoms with Gasteiger partial charge in [-0.15, -0.1) is 0 Å². The lowest BCUT2D eigenvalue weighted by atomic mass is 10.2. The van der Waals surface area contributed by atoms with Crippen LogP contribution in [0.1, 0.15) is 5.56 Å². The summed E-state index contributed by atoms with van der Waals surface area (Å²) in [4.78, 5) is 11.7. The molecule has 0 saturated heterocycles. The van der Waals surface area contributed by atoms with E-state index in [9.17, 15) is 9.18 Å². The van der Waals surface area contributed by atoms with E-state index in [-0.39, 0.29) is 17.5 Å². The lowest BCUT2D eigenvalue weighted by molar-refractivity contribution is -0.118. The SMILES string of the molecule is Cc1ccc(OCC(=O)Nc2ccc(F)c(Cl)c2)cc1. The van der Waals surface area contributed by atoms with Gasteiger partial charge in [0.25, 0.3) is 5.91 Å². The molecule has 0 saturated carbocycles. The van der Waals surface area contributed by atoms with Gasteiger partial charge >= 0.3 is 0 Å². The van der Waals surface area contributed by atoms with Crippen LogP contribution in [0.4, 0.5) is 10.1 Å². The van der Waals surface area contributed by atoms with Crippen LogP contribution in [-0.4, -0.2) is 12.5 Å². The van der Waals surface area contributed by atoms with Gasteiger partial charge in [-0.05, 0) is 37.3 Å². The molecule has 1 N–H and O–H groups in total. The van der Waals surface area contributed by atoms with Gasteiger partial charge in [-0.25, -0.2) is 4.39 Å². The third-order valence-electron chi connectivity index (χ3n) is 2.59. The Balaban J connectivity index is 1.89. The lowest BCUT2D eigenvalue weighted by Gasteiger charge is -2.08. The van der Waals surface area contributed by atoms with Crippen LogP contribution < -0.4 is 10.1 Å². The summed E-state index contributed by atoms with van der Waals surface area (Å²) in [6.07, 6.45) is 0. The molecular weight excluding hydrogens is 281 g/mol. The average molecular weight is 294 g/mol. The number of carbonyl (C=O) groups excluding carboxylic acids is 1. The number of aryl methyl sites for hydroxylation is 1. The number of amides is 1. The smallest absolute Gasteiger partial charge is 0.262 e. The summed E-state index contributed by atoms with van der Waals surface area (Å²) in [5, 5.41) is 2.54. The Labute approximate surface area is 121 Å². The maximum atomic E-state index is 13.0. The van der Waals surface area contributed by atoms with Crippen molar-refractivity contribution in [1.82, 2.24) is 0 Å². The van der Waals surface area contributed by atoms with E-state index in [2.05, 4.69) is 5.32 Å². The van der Waals surface area contributed by atoms with E-state index < -0.39 is 5.82 Å². The van der Waals surface area contributed by atoms with Gasteiger partial charge in [-0.2, -0.15) is 0 Å². The highest BCUT2D eigenvalue weighted by molar-refractivity contribution is 6.31. The summed E-state index contributed by atoms with van der Waals surface area (Å²) >= 11 is 5.63. The molecule has 20 heavy (non-hydrogen) atoms. The fourth-order valence-electron chi connectivity index (χ4n) is 1.55. The molecule has 0 aliphatic rings. The van der Waals surface area contributed by atoms with E-state index in [0.29, 0.717) is 11.4 Å². The second kappa shape index (κ2) is 6.39. The molecule has 0 spiro atoms. The van der Waals surface area contributed by atoms with Gasteiger partial charge in [-0.3, -0.25) is 4.79 Å². The van der Waals surface area contributed by atoms with Crippen molar-refractivity contribution in [3.05, 3.63) is 58.9 Å². The van der Waals surface area contributed by atoms with Gasteiger partial charge in [0.05, 0.1) is 5.02 Å². The lowest BCUT2D eigenvalue weighted by Crippen LogP contribution is -2.20. The molecule has 5 heteroatoms. The first-order chi connectivity index (χ1) is 9.54. The van der Waals surface area contributed by atoms with E-state index in [1.54, 1.807) is 12.1 Å². The minimum atomic E-state index is -0.527. The zero-order chi connectivity index (χ0) is 14.5. The van der Waals surface area contributed by atoms with Crippen molar-refractivity contribution in [1.29, 1.82) is 0 Å². The summed E-state index contributed by atoms with van der Waals surface area (Å²) in [5.41, 5.74) is 1.54. The molecule has 0 unspecified atom stereocenters. The third kappa shape index (κ3) is 3.96. The van der Waals surface area contributed by atoms with Gasteiger partial charge in [0.1, 0.15) is 11.6 Å². The second-order valence-electron chi connectivity index (χ2n) is 4.28. The zero-order valence-electron chi connectivity index (χ0n) is 10.8. The van der Waals surface area contributed by atoms with Gasteiger partial charge < -0.3 is 10.1 Å². The van der Waals surface area contributed by atoms with Crippen LogP contribution in [0.2, 0.25) is 5.02 Å². The van der Waals surface area contributed by atoms with Crippen LogP contribution >= 0.6 is 11.6 Å². The highest BCUT2D eigenvalue weighted by Crippen LogP contribution is 2.19. The standard InChI is InChI=1S/C15H13ClFNO2/c1-10-2-5-12(6-3-10)20-9-15(19)18-11-4-7-14(17)13(16)8-11/h2-8H,9H2,1H3,(H,18,19). The molecule has 0 radical (unpaired) electrons. The van der Waals surface area contributed by atoms with Gasteiger partial charge in [-0.1, -0.05) is 29.3 Å². The monoisotopic (exact) mass is 293 g/mol. The number of anilines is 1. The Morgan fingerprint density at radius 2 is 1.95 bits per heavy atom. The first-order valence-corrected chi connectivity index (χ1v) is 6.37. The Bertz CT molecular complexity index is 614. The largest absolute Gasteiger partial charge is 0.484 e. The number of hydrogen-bond acceptors (Lipinski definition) is 2. The zero-order valence-corrected chi connectivity index (χ0v) is 11.6. The van der Waals surface area contributed by atoms with Crippen LogP contribution in [0, 0.1) is 12.7 Å². The molecule has 2 rings (SSSR count). The maximum Gasteiger partial charge on any atom is 0.262 e. The molecule has 0 heterocycles. The van der Waals surface area contributed by atoms with Crippen molar-refractivity contribution >= 4 is 23.2 Å². The summed E-state index contributed by atoms with van der Waals surface area (Å²) < 4.78 is 18.3. The molecular formula is C15H13ClFNO2. The van der Waals surface area contributed by atoms with E-state index in [0.717, 1.165) is 5.56 Å². The fraction of sp³-hybridized carbons (Fsp3) is 0.133. The van der Waals surface area contributed by atoms with Crippen LogP contribution in [-0.2, 0) is 4.79 Å². The Hall–Kier alpha value is -2.07. The fourth-order valence-corrected chi connectivity index (χ4v) is 1.73. The first-order valence-electron chi connectivity index (χ1n) is 5.99. The molecule has 104 valence electrons. The quantitative estimate of drug-likeness (QED) is 0.931. The highest BCUT2D eigenvalue weighted by Gasteiger charge is 2.06. The molecule has 3 nitrogen and oxygen atoms in total. The van der Waals surface area contributed by atoms with Crippen molar-refractivity contribution in [2.45, 2.75) is 6.92 Å². The number of ether oxygens (including phenoxy) is 1. The van der Waals surface area contributed by atoms with E-state index in [1.807, 2.05) is 19.1 Å². The normalized spacial score (nSPS) is 10.2. The second-order valence-corrected chi connectivity index (χ2v) is 4.69. The summed E-state index contributed by atoms with van der Waals surface area (Å²) in [7, 11) is 0. The predicted octanol–water partition coefficient (Wildman–Crippen LogP) is 3.81. The number of hydrogen-bond donors (Lipinski definition) is 1. The van der Waals surface area contributed by atoms with Gasteiger partial charge in [0, 0.05) is 5.69 Å². The minimum absolute atomic E-state index is 0.0396. The van der Waals surface area contributed by atoms with Crippen molar-refractivity contribution < 1.29 is 13.9 Å². The molecule has 2 aromatic rings. The average Bonchev–Trinajstić information content (AvgIpc) is 2.42. The van der Waals surface area contributed by atoms with Crippen molar-refractivity contribution in [3.8, 4) is 5.75 Å². The highest BCUT2D eigenvalue weighted by atomic mass is 35.5. The summed E-state index contributed by atoms with van der Waals surface area (Å²) in [6.45, 7) is 1.84. The summed E-state index contributed by atoms with van der Waals surface area (Å²) in [5.74, 6) is -0.253. The number of carbonyl (C=O) groups is 1. The van der Waals surface area contributed by atoms with Crippen molar-refractivity contribution in [2.24, 2.45) is 0 Å². The van der Waals surface area contributed by atoms with Crippen LogP contribution in [0.5, 0.6) is 5.75 Å². The van der Waals surface area contributed by atoms with Gasteiger partial charge in [0.15, 0.2) is 6.61 Å². The topological polar surface area (TPSA) is 38.3 Å². The number of rotatable bonds is 4. The number of nitrogens with one attached hydrogen (secondary N) is 1. The molecule has 0 bridgehead atoms. The molecule has 0 aliphatic heterocycles. The maximum absolute atomic E-state index is 13.0. The number of benzene rings is 2. The summed E-state index contributed by atoms with van der Waals surface area (Å²) in [6, 6.07) is 11.3. The number of halogens is 2.